The summed E-state index contributed by atoms with van der Waals surface area (Å²) in [5.74, 6) is -0.434. The Morgan fingerprint density at radius 1 is 1.30 bits per heavy atom. The number of benzene rings is 1. The SMILES string of the molecule is CCOc1cccc2[nH]c(C(=O)NC(CC(C)C)C(=O)NC(C#N)CC3CCNC3=O)cc12. The fourth-order valence-corrected chi connectivity index (χ4v) is 4.04. The molecule has 1 aromatic heterocycles. The number of amides is 3. The molecule has 3 atom stereocenters. The number of hydrogen-bond donors (Lipinski definition) is 4. The zero-order valence-electron chi connectivity index (χ0n) is 19.2. The smallest absolute Gasteiger partial charge is 0.268 e. The van der Waals surface area contributed by atoms with Crippen molar-refractivity contribution in [3.8, 4) is 11.8 Å². The number of hydrogen-bond acceptors (Lipinski definition) is 5. The van der Waals surface area contributed by atoms with Gasteiger partial charge in [0.2, 0.25) is 11.8 Å². The standard InChI is InChI=1S/C24H31N5O4/c1-4-33-21-7-5-6-18-17(21)12-20(28-18)24(32)29-19(10-14(2)3)23(31)27-16(13-25)11-15-8-9-26-22(15)30/h5-7,12,14-16,19,28H,4,8-11H2,1-3H3,(H,26,30)(H,27,31)(H,29,32). The lowest BCUT2D eigenvalue weighted by Gasteiger charge is -2.22. The first kappa shape index (κ1) is 24.1. The Morgan fingerprint density at radius 3 is 2.73 bits per heavy atom. The molecule has 3 rings (SSSR count). The first-order valence-electron chi connectivity index (χ1n) is 11.4. The van der Waals surface area contributed by atoms with Gasteiger partial charge in [0, 0.05) is 23.4 Å². The molecule has 1 aliphatic heterocycles. The van der Waals surface area contributed by atoms with Crippen LogP contribution in [0.15, 0.2) is 24.3 Å². The van der Waals surface area contributed by atoms with Crippen LogP contribution in [0.25, 0.3) is 10.9 Å². The van der Waals surface area contributed by atoms with Crippen molar-refractivity contribution in [2.45, 2.75) is 52.1 Å². The van der Waals surface area contributed by atoms with E-state index in [1.165, 1.54) is 0 Å². The highest BCUT2D eigenvalue weighted by Crippen LogP contribution is 2.26. The van der Waals surface area contributed by atoms with Gasteiger partial charge in [-0.2, -0.15) is 5.26 Å². The quantitative estimate of drug-likeness (QED) is 0.437. The van der Waals surface area contributed by atoms with E-state index in [0.717, 1.165) is 10.9 Å². The van der Waals surface area contributed by atoms with Crippen molar-refractivity contribution in [3.63, 3.8) is 0 Å². The lowest BCUT2D eigenvalue weighted by Crippen LogP contribution is -2.50. The second-order valence-corrected chi connectivity index (χ2v) is 8.69. The van der Waals surface area contributed by atoms with Crippen molar-refractivity contribution < 1.29 is 19.1 Å². The lowest BCUT2D eigenvalue weighted by atomic mass is 9.98. The summed E-state index contributed by atoms with van der Waals surface area (Å²) >= 11 is 0. The molecule has 2 heterocycles. The minimum Gasteiger partial charge on any atom is -0.493 e. The summed E-state index contributed by atoms with van der Waals surface area (Å²) < 4.78 is 5.63. The molecule has 3 amide bonds. The van der Waals surface area contributed by atoms with E-state index in [2.05, 4.69) is 27.0 Å². The number of aromatic amines is 1. The second-order valence-electron chi connectivity index (χ2n) is 8.69. The summed E-state index contributed by atoms with van der Waals surface area (Å²) in [4.78, 5) is 40.9. The summed E-state index contributed by atoms with van der Waals surface area (Å²) in [6, 6.07) is 7.68. The highest BCUT2D eigenvalue weighted by Gasteiger charge is 2.30. The highest BCUT2D eigenvalue weighted by molar-refractivity contribution is 6.01. The second kappa shape index (κ2) is 10.9. The van der Waals surface area contributed by atoms with Gasteiger partial charge in [0.25, 0.3) is 5.91 Å². The zero-order chi connectivity index (χ0) is 24.0. The number of carbonyl (C=O) groups excluding carboxylic acids is 3. The van der Waals surface area contributed by atoms with Gasteiger partial charge in [-0.1, -0.05) is 19.9 Å². The summed E-state index contributed by atoms with van der Waals surface area (Å²) in [5.41, 5.74) is 1.08. The average molecular weight is 454 g/mol. The molecule has 0 saturated carbocycles. The molecule has 0 spiro atoms. The number of nitrogens with one attached hydrogen (secondary N) is 4. The maximum atomic E-state index is 13.0. The van der Waals surface area contributed by atoms with E-state index in [1.807, 2.05) is 39.0 Å². The van der Waals surface area contributed by atoms with E-state index in [9.17, 15) is 19.6 Å². The van der Waals surface area contributed by atoms with Crippen LogP contribution < -0.4 is 20.7 Å². The van der Waals surface area contributed by atoms with Gasteiger partial charge in [0.15, 0.2) is 0 Å². The van der Waals surface area contributed by atoms with E-state index in [0.29, 0.717) is 37.4 Å². The number of rotatable bonds is 10. The van der Waals surface area contributed by atoms with Crippen molar-refractivity contribution >= 4 is 28.6 Å². The van der Waals surface area contributed by atoms with Gasteiger partial charge in [-0.05, 0) is 50.3 Å². The Balaban J connectivity index is 1.71. The van der Waals surface area contributed by atoms with Crippen LogP contribution in [-0.2, 0) is 9.59 Å². The highest BCUT2D eigenvalue weighted by atomic mass is 16.5. The Labute approximate surface area is 193 Å². The minimum atomic E-state index is -0.816. The number of nitrogens with zero attached hydrogens (tertiary/aromatic N) is 1. The Hall–Kier alpha value is -3.54. The van der Waals surface area contributed by atoms with Crippen LogP contribution in [0.3, 0.4) is 0 Å². The van der Waals surface area contributed by atoms with Crippen molar-refractivity contribution in [1.29, 1.82) is 5.26 Å². The Kier molecular flexibility index (Phi) is 7.93. The third kappa shape index (κ3) is 6.04. The number of aromatic nitrogens is 1. The Morgan fingerprint density at radius 2 is 2.09 bits per heavy atom. The summed E-state index contributed by atoms with van der Waals surface area (Å²) in [7, 11) is 0. The molecule has 1 aliphatic rings. The van der Waals surface area contributed by atoms with E-state index >= 15 is 0 Å². The molecule has 0 radical (unpaired) electrons. The molecule has 4 N–H and O–H groups in total. The Bertz CT molecular complexity index is 1050. The van der Waals surface area contributed by atoms with Crippen LogP contribution in [0.1, 0.15) is 50.5 Å². The fourth-order valence-electron chi connectivity index (χ4n) is 4.04. The molecule has 1 aromatic carbocycles. The molecule has 0 aliphatic carbocycles. The molecule has 1 saturated heterocycles. The molecule has 176 valence electrons. The maximum Gasteiger partial charge on any atom is 0.268 e. The third-order valence-corrected chi connectivity index (χ3v) is 5.65. The van der Waals surface area contributed by atoms with Crippen LogP contribution >= 0.6 is 0 Å². The van der Waals surface area contributed by atoms with Crippen LogP contribution in [0.2, 0.25) is 0 Å². The summed E-state index contributed by atoms with van der Waals surface area (Å²) in [6.45, 7) is 6.88. The van der Waals surface area contributed by atoms with Crippen molar-refractivity contribution in [2.75, 3.05) is 13.2 Å². The van der Waals surface area contributed by atoms with E-state index in [-0.39, 0.29) is 24.2 Å². The van der Waals surface area contributed by atoms with E-state index in [1.54, 1.807) is 6.07 Å². The maximum absolute atomic E-state index is 13.0. The molecular weight excluding hydrogens is 422 g/mol. The number of ether oxygens (including phenoxy) is 1. The van der Waals surface area contributed by atoms with Gasteiger partial charge in [-0.3, -0.25) is 14.4 Å². The van der Waals surface area contributed by atoms with Gasteiger partial charge in [-0.15, -0.1) is 0 Å². The van der Waals surface area contributed by atoms with Gasteiger partial charge < -0.3 is 25.7 Å². The van der Waals surface area contributed by atoms with Crippen molar-refractivity contribution in [2.24, 2.45) is 11.8 Å². The van der Waals surface area contributed by atoms with Crippen LogP contribution in [-0.4, -0.2) is 47.9 Å². The molecule has 33 heavy (non-hydrogen) atoms. The van der Waals surface area contributed by atoms with E-state index < -0.39 is 23.9 Å². The minimum absolute atomic E-state index is 0.0956. The van der Waals surface area contributed by atoms with Gasteiger partial charge in [-0.25, -0.2) is 0 Å². The monoisotopic (exact) mass is 453 g/mol. The molecule has 1 fully saturated rings. The zero-order valence-corrected chi connectivity index (χ0v) is 19.2. The predicted octanol–water partition coefficient (Wildman–Crippen LogP) is 2.25. The van der Waals surface area contributed by atoms with Crippen LogP contribution in [0, 0.1) is 23.2 Å². The van der Waals surface area contributed by atoms with E-state index in [4.69, 9.17) is 4.74 Å². The molecule has 9 nitrogen and oxygen atoms in total. The van der Waals surface area contributed by atoms with Crippen LogP contribution in [0.4, 0.5) is 0 Å². The largest absolute Gasteiger partial charge is 0.493 e. The molecular formula is C24H31N5O4. The van der Waals surface area contributed by atoms with Crippen molar-refractivity contribution in [1.82, 2.24) is 20.9 Å². The fraction of sp³-hybridized carbons (Fsp3) is 0.500. The average Bonchev–Trinajstić information content (AvgIpc) is 3.39. The van der Waals surface area contributed by atoms with Crippen molar-refractivity contribution in [3.05, 3.63) is 30.0 Å². The van der Waals surface area contributed by atoms with Gasteiger partial charge in [0.05, 0.1) is 12.7 Å². The molecule has 2 aromatic rings. The number of nitriles is 1. The molecule has 9 heteroatoms. The first-order chi connectivity index (χ1) is 15.8. The number of H-pyrrole nitrogens is 1. The summed E-state index contributed by atoms with van der Waals surface area (Å²) in [5, 5.41) is 18.5. The number of carbonyl (C=O) groups is 3. The normalized spacial score (nSPS) is 17.3. The third-order valence-electron chi connectivity index (χ3n) is 5.65. The lowest BCUT2D eigenvalue weighted by molar-refractivity contribution is -0.125. The topological polar surface area (TPSA) is 136 Å². The van der Waals surface area contributed by atoms with Gasteiger partial charge in [0.1, 0.15) is 23.5 Å². The number of fused-ring (bicyclic) bond motifs is 1. The summed E-state index contributed by atoms with van der Waals surface area (Å²) in [6.07, 6.45) is 1.30. The predicted molar refractivity (Wildman–Crippen MR) is 123 cm³/mol. The van der Waals surface area contributed by atoms with Crippen LogP contribution in [0.5, 0.6) is 5.75 Å². The first-order valence-corrected chi connectivity index (χ1v) is 11.4. The molecule has 0 bridgehead atoms. The van der Waals surface area contributed by atoms with Gasteiger partial charge >= 0.3 is 0 Å². The molecule has 3 unspecified atom stereocenters.